The molecule has 0 aliphatic carbocycles. The van der Waals surface area contributed by atoms with E-state index in [0.29, 0.717) is 0 Å². The van der Waals surface area contributed by atoms with Crippen molar-refractivity contribution in [3.8, 4) is 11.5 Å². The summed E-state index contributed by atoms with van der Waals surface area (Å²) in [4.78, 5) is 8.96. The fourth-order valence-corrected chi connectivity index (χ4v) is 2.94. The lowest BCUT2D eigenvalue weighted by Crippen LogP contribution is -2.12. The Balaban J connectivity index is 0.00000182. The van der Waals surface area contributed by atoms with Crippen LogP contribution in [0, 0.1) is 0 Å². The van der Waals surface area contributed by atoms with Gasteiger partial charge in [0.2, 0.25) is 0 Å². The molecule has 2 aromatic rings. The van der Waals surface area contributed by atoms with Crippen LogP contribution in [0.3, 0.4) is 0 Å². The average molecular weight is 409 g/mol. The second kappa shape index (κ2) is 11.0. The van der Waals surface area contributed by atoms with Crippen LogP contribution in [0.25, 0.3) is 6.08 Å². The predicted octanol–water partition coefficient (Wildman–Crippen LogP) is 5.39. The zero-order chi connectivity index (χ0) is 17.6. The number of hydrogen-bond acceptors (Lipinski definition) is 4. The van der Waals surface area contributed by atoms with E-state index in [4.69, 9.17) is 14.5 Å². The van der Waals surface area contributed by atoms with E-state index in [2.05, 4.69) is 17.1 Å². The molecule has 0 radical (unpaired) electrons. The number of rotatable bonds is 5. The Morgan fingerprint density at radius 2 is 1.96 bits per heavy atom. The molecule has 3 rings (SSSR count). The van der Waals surface area contributed by atoms with Crippen molar-refractivity contribution in [3.63, 3.8) is 0 Å². The molecule has 0 spiro atoms. The van der Waals surface area contributed by atoms with Crippen LogP contribution in [-0.2, 0) is 0 Å². The van der Waals surface area contributed by atoms with Crippen LogP contribution in [0.4, 0.5) is 0 Å². The van der Waals surface area contributed by atoms with Gasteiger partial charge in [-0.1, -0.05) is 0 Å². The number of methoxy groups -OCH3 is 1. The number of ether oxygens (including phenoxy) is 2. The fraction of sp³-hybridized carbons (Fsp3) is 0.333. The maximum atomic E-state index is 5.76. The number of pyridine rings is 1. The minimum absolute atomic E-state index is 0. The molecule has 4 nitrogen and oxygen atoms in total. The van der Waals surface area contributed by atoms with Crippen LogP contribution in [-0.4, -0.2) is 30.5 Å². The molecule has 1 aromatic heterocycles. The van der Waals surface area contributed by atoms with E-state index in [9.17, 15) is 0 Å². The Morgan fingerprint density at radius 1 is 1.15 bits per heavy atom. The van der Waals surface area contributed by atoms with Crippen LogP contribution in [0.1, 0.15) is 37.8 Å². The normalized spacial score (nSPS) is 14.8. The zero-order valence-electron chi connectivity index (χ0n) is 15.8. The summed E-state index contributed by atoms with van der Waals surface area (Å²) in [6, 6.07) is 9.97. The summed E-state index contributed by atoms with van der Waals surface area (Å²) < 4.78 is 11.3. The van der Waals surface area contributed by atoms with Crippen LogP contribution < -0.4 is 9.47 Å². The highest BCUT2D eigenvalue weighted by Crippen LogP contribution is 2.30. The SMILES string of the molecule is COc1cc(OC(C)C)ccc1C=C1CCCN=C1c1cccnc1.Cl.Cl. The van der Waals surface area contributed by atoms with E-state index < -0.39 is 0 Å². The van der Waals surface area contributed by atoms with Gasteiger partial charge in [0.15, 0.2) is 0 Å². The molecular formula is C21H26Cl2N2O2. The maximum absolute atomic E-state index is 5.76. The van der Waals surface area contributed by atoms with Gasteiger partial charge >= 0.3 is 0 Å². The molecule has 0 fully saturated rings. The third-order valence-electron chi connectivity index (χ3n) is 4.02. The van der Waals surface area contributed by atoms with E-state index >= 15 is 0 Å². The topological polar surface area (TPSA) is 43.7 Å². The van der Waals surface area contributed by atoms with Gasteiger partial charge in [-0.2, -0.15) is 0 Å². The molecule has 0 amide bonds. The first-order chi connectivity index (χ1) is 12.2. The second-order valence-corrected chi connectivity index (χ2v) is 6.32. The van der Waals surface area contributed by atoms with Crippen molar-refractivity contribution in [1.82, 2.24) is 4.98 Å². The molecule has 27 heavy (non-hydrogen) atoms. The number of halogens is 2. The molecular weight excluding hydrogens is 383 g/mol. The first kappa shape index (κ1) is 23.0. The van der Waals surface area contributed by atoms with Gasteiger partial charge in [-0.25, -0.2) is 0 Å². The molecule has 1 aliphatic heterocycles. The Labute approximate surface area is 173 Å². The summed E-state index contributed by atoms with van der Waals surface area (Å²) in [7, 11) is 1.69. The van der Waals surface area contributed by atoms with Gasteiger partial charge < -0.3 is 9.47 Å². The van der Waals surface area contributed by atoms with Crippen molar-refractivity contribution in [3.05, 3.63) is 59.4 Å². The number of aliphatic imine (C=N–C) groups is 1. The maximum Gasteiger partial charge on any atom is 0.129 e. The van der Waals surface area contributed by atoms with Crippen molar-refractivity contribution in [1.29, 1.82) is 0 Å². The minimum atomic E-state index is 0. The van der Waals surface area contributed by atoms with Crippen molar-refractivity contribution in [2.24, 2.45) is 4.99 Å². The van der Waals surface area contributed by atoms with E-state index in [1.54, 1.807) is 13.3 Å². The molecule has 0 unspecified atom stereocenters. The molecule has 0 atom stereocenters. The Kier molecular flexibility index (Phi) is 9.33. The highest BCUT2D eigenvalue weighted by Gasteiger charge is 2.15. The van der Waals surface area contributed by atoms with Crippen LogP contribution in [0.5, 0.6) is 11.5 Å². The second-order valence-electron chi connectivity index (χ2n) is 6.32. The van der Waals surface area contributed by atoms with Crippen LogP contribution in [0.15, 0.2) is 53.3 Å². The highest BCUT2D eigenvalue weighted by molar-refractivity contribution is 6.15. The number of hydrogen-bond donors (Lipinski definition) is 0. The van der Waals surface area contributed by atoms with Gasteiger partial charge in [-0.3, -0.25) is 9.98 Å². The third-order valence-corrected chi connectivity index (χ3v) is 4.02. The number of nitrogens with zero attached hydrogens (tertiary/aromatic N) is 2. The summed E-state index contributed by atoms with van der Waals surface area (Å²) in [5.41, 5.74) is 4.35. The van der Waals surface area contributed by atoms with Crippen LogP contribution >= 0.6 is 24.8 Å². The molecule has 0 saturated heterocycles. The van der Waals surface area contributed by atoms with Gasteiger partial charge in [0, 0.05) is 36.1 Å². The summed E-state index contributed by atoms with van der Waals surface area (Å²) >= 11 is 0. The smallest absolute Gasteiger partial charge is 0.129 e. The molecule has 1 aliphatic rings. The lowest BCUT2D eigenvalue weighted by atomic mass is 9.94. The fourth-order valence-electron chi connectivity index (χ4n) is 2.94. The average Bonchev–Trinajstić information content (AvgIpc) is 2.63. The van der Waals surface area contributed by atoms with Gasteiger partial charge in [-0.05, 0) is 62.6 Å². The predicted molar refractivity (Wildman–Crippen MR) is 116 cm³/mol. The van der Waals surface area contributed by atoms with Crippen molar-refractivity contribution < 1.29 is 9.47 Å². The third kappa shape index (κ3) is 5.98. The summed E-state index contributed by atoms with van der Waals surface area (Å²) in [6.07, 6.45) is 8.02. The molecule has 0 N–H and O–H groups in total. The van der Waals surface area contributed by atoms with Gasteiger partial charge in [0.1, 0.15) is 11.5 Å². The lowest BCUT2D eigenvalue weighted by Gasteiger charge is -2.17. The standard InChI is InChI=1S/C21H24N2O2.2ClH/c1-15(2)25-19-9-8-16(20(13-19)24-3)12-17-6-5-11-23-21(17)18-7-4-10-22-14-18;;/h4,7-10,12-15H,5-6,11H2,1-3H3;2*1H. The van der Waals surface area contributed by atoms with Gasteiger partial charge in [-0.15, -0.1) is 24.8 Å². The number of aromatic nitrogens is 1. The first-order valence-corrected chi connectivity index (χ1v) is 8.68. The monoisotopic (exact) mass is 408 g/mol. The Hall–Kier alpha value is -2.04. The summed E-state index contributed by atoms with van der Waals surface area (Å²) in [5, 5.41) is 0. The molecule has 2 heterocycles. The van der Waals surface area contributed by atoms with E-state index in [1.807, 2.05) is 44.3 Å². The van der Waals surface area contributed by atoms with Crippen LogP contribution in [0.2, 0.25) is 0 Å². The van der Waals surface area contributed by atoms with Gasteiger partial charge in [0.05, 0.1) is 18.9 Å². The molecule has 0 bridgehead atoms. The Bertz CT molecular complexity index is 790. The number of allylic oxidation sites excluding steroid dienone is 1. The first-order valence-electron chi connectivity index (χ1n) is 8.68. The Morgan fingerprint density at radius 3 is 2.63 bits per heavy atom. The number of benzene rings is 1. The quantitative estimate of drug-likeness (QED) is 0.665. The van der Waals surface area contributed by atoms with Crippen molar-refractivity contribution >= 4 is 36.6 Å². The lowest BCUT2D eigenvalue weighted by molar-refractivity contribution is 0.241. The summed E-state index contributed by atoms with van der Waals surface area (Å²) in [5.74, 6) is 1.63. The molecule has 1 aromatic carbocycles. The minimum Gasteiger partial charge on any atom is -0.496 e. The van der Waals surface area contributed by atoms with E-state index in [0.717, 1.165) is 47.7 Å². The largest absolute Gasteiger partial charge is 0.496 e. The van der Waals surface area contributed by atoms with E-state index in [1.165, 1.54) is 5.57 Å². The summed E-state index contributed by atoms with van der Waals surface area (Å²) in [6.45, 7) is 4.89. The molecule has 0 saturated carbocycles. The highest BCUT2D eigenvalue weighted by atomic mass is 35.5. The molecule has 6 heteroatoms. The van der Waals surface area contributed by atoms with E-state index in [-0.39, 0.29) is 30.9 Å². The van der Waals surface area contributed by atoms with Crippen molar-refractivity contribution in [2.45, 2.75) is 32.8 Å². The van der Waals surface area contributed by atoms with Gasteiger partial charge in [0.25, 0.3) is 0 Å². The van der Waals surface area contributed by atoms with Crippen molar-refractivity contribution in [2.75, 3.05) is 13.7 Å². The molecule has 146 valence electrons. The zero-order valence-corrected chi connectivity index (χ0v) is 17.5.